The Morgan fingerprint density at radius 1 is 0.750 bits per heavy atom. The van der Waals surface area contributed by atoms with Crippen LogP contribution in [0.25, 0.3) is 0 Å². The van der Waals surface area contributed by atoms with Crippen molar-refractivity contribution in [3.05, 3.63) is 29.2 Å². The molecule has 0 aliphatic carbocycles. The molecule has 0 N–H and O–H groups in total. The number of aryl methyl sites for hydroxylation is 3. The Hall–Kier alpha value is -0.840. The van der Waals surface area contributed by atoms with Crippen LogP contribution in [0.1, 0.15) is 69.5 Å². The Kier molecular flexibility index (Phi) is 8.21. The summed E-state index contributed by atoms with van der Waals surface area (Å²) in [5, 5.41) is 0. The van der Waals surface area contributed by atoms with Crippen LogP contribution in [0.5, 0.6) is 0 Å². The van der Waals surface area contributed by atoms with Crippen LogP contribution in [0.4, 0.5) is 25.2 Å². The summed E-state index contributed by atoms with van der Waals surface area (Å²) in [7, 11) is -10.7. The first-order valence-corrected chi connectivity index (χ1v) is 10.2. The van der Waals surface area contributed by atoms with Crippen molar-refractivity contribution >= 4 is 7.81 Å². The van der Waals surface area contributed by atoms with Crippen molar-refractivity contribution in [2.75, 3.05) is 0 Å². The van der Waals surface area contributed by atoms with Gasteiger partial charge in [-0.05, 0) is 25.3 Å². The van der Waals surface area contributed by atoms with E-state index in [-0.39, 0.29) is 0 Å². The zero-order valence-corrected chi connectivity index (χ0v) is 15.3. The normalized spacial score (nSPS) is 14.4. The quantitative estimate of drug-likeness (QED) is 0.190. The van der Waals surface area contributed by atoms with Gasteiger partial charge in [-0.25, -0.2) is 4.42 Å². The van der Waals surface area contributed by atoms with Gasteiger partial charge in [0.05, 0.1) is 12.8 Å². The summed E-state index contributed by atoms with van der Waals surface area (Å²) in [6, 6.07) is 4.39. The molecule has 0 unspecified atom stereocenters. The van der Waals surface area contributed by atoms with E-state index >= 15 is 0 Å². The molecule has 0 aliphatic rings. The van der Waals surface area contributed by atoms with E-state index in [1.54, 1.807) is 0 Å². The van der Waals surface area contributed by atoms with Gasteiger partial charge in [-0.3, -0.25) is 0 Å². The zero-order chi connectivity index (χ0) is 18.9. The van der Waals surface area contributed by atoms with E-state index in [9.17, 15) is 25.2 Å². The molecule has 144 valence electrons. The molecule has 1 nitrogen and oxygen atoms in total. The second kappa shape index (κ2) is 8.50. The number of hydrogen-bond donors (Lipinski definition) is 0. The number of hydrogen-bond acceptors (Lipinski definition) is 0. The molecule has 0 atom stereocenters. The van der Waals surface area contributed by atoms with Crippen LogP contribution in [-0.4, -0.2) is 0 Å². The van der Waals surface area contributed by atoms with Gasteiger partial charge in [-0.2, -0.15) is 0 Å². The maximum absolute atomic E-state index is 10.7. The van der Waals surface area contributed by atoms with E-state index in [2.05, 4.69) is 32.9 Å². The molecule has 0 bridgehead atoms. The molecule has 24 heavy (non-hydrogen) atoms. The molecule has 0 spiro atoms. The van der Waals surface area contributed by atoms with Gasteiger partial charge in [0, 0.05) is 12.1 Å². The van der Waals surface area contributed by atoms with Crippen molar-refractivity contribution in [3.63, 3.8) is 0 Å². The molecule has 0 amide bonds. The summed E-state index contributed by atoms with van der Waals surface area (Å²) >= 11 is 0. The predicted octanol–water partition coefficient (Wildman–Crippen LogP) is 8.72. The summed E-state index contributed by atoms with van der Waals surface area (Å²) in [5.41, 5.74) is 1.34. The average Bonchev–Trinajstić information content (AvgIpc) is 2.35. The van der Waals surface area contributed by atoms with Gasteiger partial charge in [0.15, 0.2) is 0 Å². The fourth-order valence-electron chi connectivity index (χ4n) is 2.12. The first kappa shape index (κ1) is 23.2. The molecule has 1 rings (SSSR count). The summed E-state index contributed by atoms with van der Waals surface area (Å²) < 4.78 is 65.1. The van der Waals surface area contributed by atoms with Gasteiger partial charge in [-0.15, -0.1) is 0 Å². The molecule has 1 aromatic heterocycles. The van der Waals surface area contributed by atoms with Gasteiger partial charge in [0.2, 0.25) is 0 Å². The Bertz CT molecular complexity index is 458. The third-order valence-electron chi connectivity index (χ3n) is 3.09. The van der Waals surface area contributed by atoms with E-state index in [4.69, 9.17) is 4.42 Å². The SMILES string of the molecule is CCCCCc1cc(C)cc(CCCCC)[o+]1.F[P-](F)(F)(F)(F)F. The van der Waals surface area contributed by atoms with E-state index in [1.165, 1.54) is 55.6 Å². The van der Waals surface area contributed by atoms with Crippen LogP contribution >= 0.6 is 7.81 Å². The van der Waals surface area contributed by atoms with Crippen molar-refractivity contribution in [2.45, 2.75) is 72.1 Å². The van der Waals surface area contributed by atoms with Crippen LogP contribution in [0.15, 0.2) is 16.5 Å². The van der Waals surface area contributed by atoms with Crippen LogP contribution in [0.2, 0.25) is 0 Å². The standard InChI is InChI=1S/C16H27O.F6P/c1-4-6-8-10-15-12-14(3)13-16(17-15)11-9-7-5-2;1-7(2,3,4,5)6/h12-13H,4-11H2,1-3H3;/q+1;-1. The summed E-state index contributed by atoms with van der Waals surface area (Å²) in [4.78, 5) is 0. The number of rotatable bonds is 8. The third kappa shape index (κ3) is 19.2. The second-order valence-electron chi connectivity index (χ2n) is 5.94. The van der Waals surface area contributed by atoms with Gasteiger partial charge in [-0.1, -0.05) is 39.5 Å². The molecule has 0 radical (unpaired) electrons. The van der Waals surface area contributed by atoms with Gasteiger partial charge < -0.3 is 0 Å². The molecular weight excluding hydrogens is 353 g/mol. The summed E-state index contributed by atoms with van der Waals surface area (Å²) in [6.07, 6.45) is 9.83. The third-order valence-corrected chi connectivity index (χ3v) is 3.09. The topological polar surface area (TPSA) is 11.3 Å². The van der Waals surface area contributed by atoms with Crippen molar-refractivity contribution in [1.29, 1.82) is 0 Å². The monoisotopic (exact) mass is 380 g/mol. The maximum atomic E-state index is 9.87. The summed E-state index contributed by atoms with van der Waals surface area (Å²) in [6.45, 7) is 6.65. The fourth-order valence-corrected chi connectivity index (χ4v) is 2.12. The van der Waals surface area contributed by atoms with E-state index in [0.717, 1.165) is 12.8 Å². The molecule has 8 heteroatoms. The van der Waals surface area contributed by atoms with Crippen molar-refractivity contribution in [2.24, 2.45) is 0 Å². The van der Waals surface area contributed by atoms with Crippen molar-refractivity contribution in [3.8, 4) is 0 Å². The van der Waals surface area contributed by atoms with Crippen LogP contribution < -0.4 is 0 Å². The fraction of sp³-hybridized carbons (Fsp3) is 0.688. The first-order valence-electron chi connectivity index (χ1n) is 8.20. The minimum absolute atomic E-state index is 1.09. The van der Waals surface area contributed by atoms with Crippen LogP contribution in [0, 0.1) is 6.92 Å². The first-order chi connectivity index (χ1) is 10.7. The molecule has 1 aromatic rings. The number of unbranched alkanes of at least 4 members (excludes halogenated alkanes) is 4. The minimum atomic E-state index is -10.7. The van der Waals surface area contributed by atoms with E-state index < -0.39 is 7.81 Å². The van der Waals surface area contributed by atoms with Gasteiger partial charge >= 0.3 is 44.5 Å². The predicted molar refractivity (Wildman–Crippen MR) is 87.9 cm³/mol. The van der Waals surface area contributed by atoms with Crippen LogP contribution in [-0.2, 0) is 12.8 Å². The second-order valence-corrected chi connectivity index (χ2v) is 7.86. The molecular formula is C16H27F6OP. The Morgan fingerprint density at radius 2 is 1.08 bits per heavy atom. The van der Waals surface area contributed by atoms with Gasteiger partial charge in [0.1, 0.15) is 0 Å². The van der Waals surface area contributed by atoms with Crippen molar-refractivity contribution < 1.29 is 29.6 Å². The Morgan fingerprint density at radius 3 is 1.38 bits per heavy atom. The van der Waals surface area contributed by atoms with Crippen molar-refractivity contribution in [1.82, 2.24) is 0 Å². The number of halogens is 6. The Labute approximate surface area is 139 Å². The average molecular weight is 380 g/mol. The molecule has 0 aromatic carbocycles. The molecule has 0 saturated carbocycles. The van der Waals surface area contributed by atoms with Crippen LogP contribution in [0.3, 0.4) is 0 Å². The zero-order valence-electron chi connectivity index (χ0n) is 14.4. The van der Waals surface area contributed by atoms with Gasteiger partial charge in [0.25, 0.3) is 0 Å². The Balaban J connectivity index is 0.000000640. The van der Waals surface area contributed by atoms with E-state index in [0.29, 0.717) is 0 Å². The summed E-state index contributed by atoms with van der Waals surface area (Å²) in [5.74, 6) is 2.34. The molecule has 0 fully saturated rings. The molecule has 0 aliphatic heterocycles. The molecule has 1 heterocycles. The molecule has 0 saturated heterocycles. The van der Waals surface area contributed by atoms with E-state index in [1.807, 2.05) is 0 Å².